The maximum atomic E-state index is 9.54. The maximum absolute atomic E-state index is 9.54. The van der Waals surface area contributed by atoms with E-state index in [0.717, 1.165) is 29.3 Å². The lowest BCUT2D eigenvalue weighted by atomic mass is 10.1. The monoisotopic (exact) mass is 300 g/mol. The van der Waals surface area contributed by atoms with Crippen LogP contribution in [-0.4, -0.2) is 10.9 Å². The molecule has 0 radical (unpaired) electrons. The van der Waals surface area contributed by atoms with E-state index < -0.39 is 0 Å². The molecule has 23 heavy (non-hydrogen) atoms. The predicted octanol–water partition coefficient (Wildman–Crippen LogP) is 4.49. The molecule has 3 aromatic rings. The van der Waals surface area contributed by atoms with Gasteiger partial charge in [-0.1, -0.05) is 36.4 Å². The summed E-state index contributed by atoms with van der Waals surface area (Å²) in [5.41, 5.74) is 4.30. The van der Waals surface area contributed by atoms with Crippen LogP contribution in [0.1, 0.15) is 11.1 Å². The molecular formula is C20H16N2O. The van der Waals surface area contributed by atoms with Crippen LogP contribution in [0.3, 0.4) is 0 Å². The standard InChI is InChI=1S/C20H16N2O/c23-18-12-10-15(11-13-18)20-21-19-9-5-4-6-16(19)14-22(20)17-7-2-1-3-8-17/h1-13,23H,14H2. The van der Waals surface area contributed by atoms with Crippen LogP contribution in [0, 0.1) is 0 Å². The molecule has 3 aromatic carbocycles. The van der Waals surface area contributed by atoms with Gasteiger partial charge < -0.3 is 10.0 Å². The van der Waals surface area contributed by atoms with Crippen LogP contribution in [0.4, 0.5) is 11.4 Å². The van der Waals surface area contributed by atoms with Crippen LogP contribution in [0.5, 0.6) is 5.75 Å². The number of phenolic OH excluding ortho intramolecular Hbond substituents is 1. The van der Waals surface area contributed by atoms with E-state index in [4.69, 9.17) is 4.99 Å². The van der Waals surface area contributed by atoms with Gasteiger partial charge in [0.05, 0.1) is 12.2 Å². The lowest BCUT2D eigenvalue weighted by Gasteiger charge is -2.30. The molecule has 0 aliphatic carbocycles. The van der Waals surface area contributed by atoms with Gasteiger partial charge in [-0.25, -0.2) is 4.99 Å². The van der Waals surface area contributed by atoms with E-state index in [1.165, 1.54) is 5.56 Å². The quantitative estimate of drug-likeness (QED) is 0.757. The van der Waals surface area contributed by atoms with Crippen molar-refractivity contribution in [3.63, 3.8) is 0 Å². The fraction of sp³-hybridized carbons (Fsp3) is 0.0500. The number of nitrogens with zero attached hydrogens (tertiary/aromatic N) is 2. The third kappa shape index (κ3) is 2.57. The van der Waals surface area contributed by atoms with Crippen LogP contribution in [0.25, 0.3) is 0 Å². The Kier molecular flexibility index (Phi) is 3.31. The average Bonchev–Trinajstić information content (AvgIpc) is 2.62. The number of aliphatic imine (C=N–C) groups is 1. The Morgan fingerprint density at radius 1 is 0.783 bits per heavy atom. The number of para-hydroxylation sites is 2. The molecule has 0 atom stereocenters. The van der Waals surface area contributed by atoms with Gasteiger partial charge in [0.15, 0.2) is 0 Å². The first-order valence-electron chi connectivity index (χ1n) is 7.60. The molecule has 0 spiro atoms. The number of aromatic hydroxyl groups is 1. The van der Waals surface area contributed by atoms with E-state index in [2.05, 4.69) is 23.1 Å². The van der Waals surface area contributed by atoms with Crippen LogP contribution >= 0.6 is 0 Å². The summed E-state index contributed by atoms with van der Waals surface area (Å²) < 4.78 is 0. The van der Waals surface area contributed by atoms with Crippen LogP contribution in [0.2, 0.25) is 0 Å². The number of rotatable bonds is 2. The highest BCUT2D eigenvalue weighted by atomic mass is 16.3. The molecule has 1 N–H and O–H groups in total. The minimum Gasteiger partial charge on any atom is -0.508 e. The van der Waals surface area contributed by atoms with Gasteiger partial charge >= 0.3 is 0 Å². The van der Waals surface area contributed by atoms with Crippen molar-refractivity contribution < 1.29 is 5.11 Å². The normalized spacial score (nSPS) is 13.4. The summed E-state index contributed by atoms with van der Waals surface area (Å²) in [5.74, 6) is 1.16. The van der Waals surface area contributed by atoms with Crippen molar-refractivity contribution in [3.8, 4) is 5.75 Å². The SMILES string of the molecule is Oc1ccc(C2=Nc3ccccc3CN2c2ccccc2)cc1. The third-order valence-electron chi connectivity index (χ3n) is 4.00. The summed E-state index contributed by atoms with van der Waals surface area (Å²) in [6.45, 7) is 0.778. The van der Waals surface area contributed by atoms with Gasteiger partial charge in [-0.15, -0.1) is 0 Å². The second kappa shape index (κ2) is 5.61. The first-order chi connectivity index (χ1) is 11.3. The summed E-state index contributed by atoms with van der Waals surface area (Å²) in [4.78, 5) is 7.07. The van der Waals surface area contributed by atoms with Gasteiger partial charge in [-0.2, -0.15) is 0 Å². The number of fused-ring (bicyclic) bond motifs is 1. The van der Waals surface area contributed by atoms with E-state index in [1.807, 2.05) is 48.5 Å². The number of phenols is 1. The van der Waals surface area contributed by atoms with E-state index in [9.17, 15) is 5.11 Å². The molecule has 1 heterocycles. The molecule has 112 valence electrons. The van der Waals surface area contributed by atoms with Gasteiger partial charge in [-0.05, 0) is 48.0 Å². The third-order valence-corrected chi connectivity index (χ3v) is 4.00. The molecule has 0 amide bonds. The molecule has 0 aromatic heterocycles. The lowest BCUT2D eigenvalue weighted by molar-refractivity contribution is 0.475. The first-order valence-corrected chi connectivity index (χ1v) is 7.60. The summed E-state index contributed by atoms with van der Waals surface area (Å²) in [5, 5.41) is 9.54. The largest absolute Gasteiger partial charge is 0.508 e. The molecule has 0 fully saturated rings. The Morgan fingerprint density at radius 2 is 1.48 bits per heavy atom. The molecule has 0 saturated carbocycles. The van der Waals surface area contributed by atoms with E-state index in [-0.39, 0.29) is 5.75 Å². The lowest BCUT2D eigenvalue weighted by Crippen LogP contribution is -2.33. The highest BCUT2D eigenvalue weighted by Crippen LogP contribution is 2.31. The van der Waals surface area contributed by atoms with Crippen molar-refractivity contribution in [2.75, 3.05) is 4.90 Å². The van der Waals surface area contributed by atoms with Crippen LogP contribution < -0.4 is 4.90 Å². The molecule has 0 bridgehead atoms. The smallest absolute Gasteiger partial charge is 0.141 e. The van der Waals surface area contributed by atoms with Crippen molar-refractivity contribution in [1.82, 2.24) is 0 Å². The molecule has 1 aliphatic rings. The second-order valence-electron chi connectivity index (χ2n) is 5.53. The summed E-state index contributed by atoms with van der Waals surface area (Å²) in [6, 6.07) is 25.7. The van der Waals surface area contributed by atoms with Crippen LogP contribution in [0.15, 0.2) is 83.9 Å². The minimum absolute atomic E-state index is 0.261. The topological polar surface area (TPSA) is 35.8 Å². The van der Waals surface area contributed by atoms with E-state index in [0.29, 0.717) is 0 Å². The second-order valence-corrected chi connectivity index (χ2v) is 5.53. The molecule has 3 heteroatoms. The molecule has 0 unspecified atom stereocenters. The predicted molar refractivity (Wildman–Crippen MR) is 93.4 cm³/mol. The minimum atomic E-state index is 0.261. The van der Waals surface area contributed by atoms with Gasteiger partial charge in [0, 0.05) is 11.3 Å². The van der Waals surface area contributed by atoms with Gasteiger partial charge in [0.1, 0.15) is 11.6 Å². The molecule has 1 aliphatic heterocycles. The Bertz CT molecular complexity index is 854. The Hall–Kier alpha value is -3.07. The van der Waals surface area contributed by atoms with Gasteiger partial charge in [0.25, 0.3) is 0 Å². The Morgan fingerprint density at radius 3 is 2.26 bits per heavy atom. The zero-order valence-corrected chi connectivity index (χ0v) is 12.6. The van der Waals surface area contributed by atoms with Crippen molar-refractivity contribution in [2.24, 2.45) is 4.99 Å². The maximum Gasteiger partial charge on any atom is 0.141 e. The summed E-state index contributed by atoms with van der Waals surface area (Å²) in [6.07, 6.45) is 0. The van der Waals surface area contributed by atoms with Gasteiger partial charge in [-0.3, -0.25) is 0 Å². The zero-order valence-electron chi connectivity index (χ0n) is 12.6. The number of hydrogen-bond acceptors (Lipinski definition) is 3. The number of hydrogen-bond donors (Lipinski definition) is 1. The fourth-order valence-corrected chi connectivity index (χ4v) is 2.83. The molecule has 0 saturated heterocycles. The van der Waals surface area contributed by atoms with Crippen molar-refractivity contribution in [2.45, 2.75) is 6.54 Å². The Labute approximate surface area is 135 Å². The number of amidine groups is 1. The van der Waals surface area contributed by atoms with Crippen molar-refractivity contribution in [3.05, 3.63) is 90.0 Å². The highest BCUT2D eigenvalue weighted by Gasteiger charge is 2.22. The first kappa shape index (κ1) is 13.6. The van der Waals surface area contributed by atoms with Crippen molar-refractivity contribution >= 4 is 17.2 Å². The van der Waals surface area contributed by atoms with Crippen LogP contribution in [-0.2, 0) is 6.54 Å². The molecular weight excluding hydrogens is 284 g/mol. The summed E-state index contributed by atoms with van der Waals surface area (Å²) >= 11 is 0. The molecule has 4 rings (SSSR count). The van der Waals surface area contributed by atoms with Crippen molar-refractivity contribution in [1.29, 1.82) is 0 Å². The number of anilines is 1. The fourth-order valence-electron chi connectivity index (χ4n) is 2.83. The zero-order chi connectivity index (χ0) is 15.6. The summed E-state index contributed by atoms with van der Waals surface area (Å²) in [7, 11) is 0. The van der Waals surface area contributed by atoms with Gasteiger partial charge in [0.2, 0.25) is 0 Å². The van der Waals surface area contributed by atoms with E-state index >= 15 is 0 Å². The molecule has 3 nitrogen and oxygen atoms in total. The van der Waals surface area contributed by atoms with E-state index in [1.54, 1.807) is 12.1 Å². The number of benzene rings is 3. The highest BCUT2D eigenvalue weighted by molar-refractivity contribution is 6.12. The average molecular weight is 300 g/mol. The Balaban J connectivity index is 1.86.